The lowest BCUT2D eigenvalue weighted by molar-refractivity contribution is -0.115. The second-order valence-electron chi connectivity index (χ2n) is 16.5. The van der Waals surface area contributed by atoms with Crippen LogP contribution in [0.15, 0.2) is 111 Å². The van der Waals surface area contributed by atoms with E-state index in [-0.39, 0.29) is 16.6 Å². The molecule has 0 bridgehead atoms. The van der Waals surface area contributed by atoms with Crippen LogP contribution in [0.5, 0.6) is 28.7 Å². The van der Waals surface area contributed by atoms with Crippen molar-refractivity contribution < 1.29 is 54.5 Å². The van der Waals surface area contributed by atoms with Gasteiger partial charge in [-0.1, -0.05) is 92.2 Å². The average molecular weight is 1020 g/mol. The molecular formula is C53H67N4O12S2-. The van der Waals surface area contributed by atoms with Gasteiger partial charge in [0.2, 0.25) is 0 Å². The highest BCUT2D eigenvalue weighted by Gasteiger charge is 2.30. The first-order chi connectivity index (χ1) is 33.9. The summed E-state index contributed by atoms with van der Waals surface area (Å²) in [6, 6.07) is 21.5. The van der Waals surface area contributed by atoms with Crippen LogP contribution in [0.2, 0.25) is 0 Å². The van der Waals surface area contributed by atoms with E-state index in [4.69, 9.17) is 18.9 Å². The van der Waals surface area contributed by atoms with Gasteiger partial charge in [0.25, 0.3) is 21.9 Å². The highest BCUT2D eigenvalue weighted by atomic mass is 32.2. The lowest BCUT2D eigenvalue weighted by Crippen LogP contribution is -2.21. The summed E-state index contributed by atoms with van der Waals surface area (Å²) in [5.41, 5.74) is 3.77. The largest absolute Gasteiger partial charge is 0.740 e. The number of rotatable bonds is 21. The molecule has 71 heavy (non-hydrogen) atoms. The SMILES string of the molecule is CCC(CC)CC.CCC(CC)CC.COc1cc(C=C2C(=O)N(c3ccc(OS(=O)[O-])cc3)N=C2C)ccc1OCCCOc1ccc(C=C2C(=O)N(c3ccc(S(=O)(=O)O)cc3)N=C2C)cc1OC. The van der Waals surface area contributed by atoms with Gasteiger partial charge in [-0.2, -0.15) is 28.6 Å². The molecule has 16 nitrogen and oxygen atoms in total. The fraction of sp³-hybridized carbons (Fsp3) is 0.396. The van der Waals surface area contributed by atoms with Gasteiger partial charge in [-0.05, 0) is 122 Å². The van der Waals surface area contributed by atoms with E-state index in [0.29, 0.717) is 87.7 Å². The molecule has 6 rings (SSSR count). The van der Waals surface area contributed by atoms with Gasteiger partial charge in [0.05, 0.1) is 66.3 Å². The smallest absolute Gasteiger partial charge is 0.294 e. The van der Waals surface area contributed by atoms with E-state index in [2.05, 4.69) is 55.9 Å². The van der Waals surface area contributed by atoms with Gasteiger partial charge in [0, 0.05) is 6.42 Å². The summed E-state index contributed by atoms with van der Waals surface area (Å²) in [5, 5.41) is 11.1. The fourth-order valence-corrected chi connectivity index (χ4v) is 8.22. The van der Waals surface area contributed by atoms with E-state index in [0.717, 1.165) is 16.8 Å². The molecule has 2 aliphatic heterocycles. The molecule has 18 heteroatoms. The van der Waals surface area contributed by atoms with Gasteiger partial charge in [-0.3, -0.25) is 14.1 Å². The Labute approximate surface area is 421 Å². The van der Waals surface area contributed by atoms with Crippen LogP contribution in [-0.4, -0.2) is 72.4 Å². The molecule has 4 aromatic carbocycles. The van der Waals surface area contributed by atoms with Crippen molar-refractivity contribution in [2.24, 2.45) is 22.0 Å². The van der Waals surface area contributed by atoms with E-state index < -0.39 is 27.4 Å². The van der Waals surface area contributed by atoms with Crippen LogP contribution in [0.3, 0.4) is 0 Å². The van der Waals surface area contributed by atoms with E-state index in [1.165, 1.54) is 106 Å². The molecule has 0 spiro atoms. The molecule has 1 N–H and O–H groups in total. The van der Waals surface area contributed by atoms with Crippen molar-refractivity contribution in [2.45, 2.75) is 105 Å². The average Bonchev–Trinajstić information content (AvgIpc) is 3.80. The van der Waals surface area contributed by atoms with Crippen LogP contribution < -0.4 is 33.1 Å². The Kier molecular flexibility index (Phi) is 22.5. The maximum absolute atomic E-state index is 13.2. The summed E-state index contributed by atoms with van der Waals surface area (Å²) >= 11 is -2.71. The molecule has 2 heterocycles. The molecule has 0 saturated carbocycles. The Hall–Kier alpha value is -6.34. The predicted octanol–water partition coefficient (Wildman–Crippen LogP) is 11.2. The third kappa shape index (κ3) is 16.4. The van der Waals surface area contributed by atoms with Crippen molar-refractivity contribution in [1.82, 2.24) is 0 Å². The van der Waals surface area contributed by atoms with Crippen molar-refractivity contribution >= 4 is 68.2 Å². The number of amides is 2. The van der Waals surface area contributed by atoms with Crippen molar-refractivity contribution in [3.63, 3.8) is 0 Å². The first-order valence-corrected chi connectivity index (χ1v) is 26.2. The van der Waals surface area contributed by atoms with E-state index in [9.17, 15) is 31.3 Å². The number of hydrogen-bond acceptors (Lipinski definition) is 13. The number of nitrogens with zero attached hydrogens (tertiary/aromatic N) is 4. The molecule has 0 fully saturated rings. The van der Waals surface area contributed by atoms with Crippen LogP contribution >= 0.6 is 0 Å². The number of carbonyl (C=O) groups is 2. The number of hydrogen-bond donors (Lipinski definition) is 1. The van der Waals surface area contributed by atoms with Crippen LogP contribution in [0.4, 0.5) is 11.4 Å². The minimum Gasteiger partial charge on any atom is -0.740 e. The zero-order valence-electron chi connectivity index (χ0n) is 42.3. The van der Waals surface area contributed by atoms with Gasteiger partial charge in [-0.15, -0.1) is 0 Å². The van der Waals surface area contributed by atoms with Crippen LogP contribution in [0, 0.1) is 11.8 Å². The van der Waals surface area contributed by atoms with Gasteiger partial charge >= 0.3 is 0 Å². The van der Waals surface area contributed by atoms with Crippen molar-refractivity contribution in [1.29, 1.82) is 0 Å². The lowest BCUT2D eigenvalue weighted by Gasteiger charge is -2.14. The minimum absolute atomic E-state index is 0.105. The number of anilines is 2. The van der Waals surface area contributed by atoms with Crippen molar-refractivity contribution in [3.8, 4) is 28.7 Å². The molecule has 0 radical (unpaired) electrons. The van der Waals surface area contributed by atoms with E-state index in [1.807, 2.05) is 0 Å². The zero-order valence-corrected chi connectivity index (χ0v) is 43.9. The molecule has 0 saturated heterocycles. The van der Waals surface area contributed by atoms with Gasteiger partial charge in [0.15, 0.2) is 23.0 Å². The summed E-state index contributed by atoms with van der Waals surface area (Å²) in [6.45, 7) is 17.6. The van der Waals surface area contributed by atoms with Gasteiger partial charge in [-0.25, -0.2) is 4.21 Å². The Bertz CT molecular complexity index is 2650. The highest BCUT2D eigenvalue weighted by Crippen LogP contribution is 2.33. The molecular weight excluding hydrogens is 949 g/mol. The third-order valence-corrected chi connectivity index (χ3v) is 13.2. The molecule has 4 aromatic rings. The highest BCUT2D eigenvalue weighted by molar-refractivity contribution is 7.85. The van der Waals surface area contributed by atoms with Crippen molar-refractivity contribution in [2.75, 3.05) is 37.5 Å². The van der Waals surface area contributed by atoms with E-state index >= 15 is 0 Å². The summed E-state index contributed by atoms with van der Waals surface area (Å²) in [6.07, 6.45) is 12.0. The fourth-order valence-electron chi connectivity index (χ4n) is 7.47. The Morgan fingerprint density at radius 1 is 0.620 bits per heavy atom. The second-order valence-corrected chi connectivity index (χ2v) is 18.5. The van der Waals surface area contributed by atoms with Crippen LogP contribution in [-0.2, 0) is 31.1 Å². The summed E-state index contributed by atoms with van der Waals surface area (Å²) in [5.74, 6) is 3.19. The maximum Gasteiger partial charge on any atom is 0.294 e. The third-order valence-electron chi connectivity index (χ3n) is 12.0. The Balaban J connectivity index is 0.000000683. The minimum atomic E-state index is -4.38. The molecule has 2 amide bonds. The number of methoxy groups -OCH3 is 2. The quantitative estimate of drug-likeness (QED) is 0.0358. The summed E-state index contributed by atoms with van der Waals surface area (Å²) in [7, 11) is -1.36. The normalized spacial score (nSPS) is 15.0. The zero-order chi connectivity index (χ0) is 52.3. The number of hydrazone groups is 2. The topological polar surface area (TPSA) is 206 Å². The number of carbonyl (C=O) groups excluding carboxylic acids is 2. The van der Waals surface area contributed by atoms with Gasteiger partial charge in [0.1, 0.15) is 17.1 Å². The molecule has 2 aliphatic rings. The molecule has 1 unspecified atom stereocenters. The predicted molar refractivity (Wildman–Crippen MR) is 280 cm³/mol. The standard InChI is InChI=1S/C39H36N4O12S2.2C7H16/c1-24-32(38(44)42(40-24)28-8-12-30(13-9-28)55-56(46)47)20-26-6-16-34(36(22-26)51-3)53-18-5-19-54-35-17-7-27(23-37(35)52-4)21-33-25(2)41-43(39(33)45)29-10-14-31(15-11-29)57(48,49)50;2*1-4-7(5-2)6-3/h6-17,20-23H,5,18-19H2,1-4H3,(H,46,47)(H,48,49,50);2*7H,4-6H2,1-3H3/p-1. The first kappa shape index (κ1) is 57.2. The van der Waals surface area contributed by atoms with Gasteiger partial charge < -0.3 is 27.7 Å². The van der Waals surface area contributed by atoms with E-state index in [1.54, 1.807) is 62.4 Å². The van der Waals surface area contributed by atoms with Crippen LogP contribution in [0.1, 0.15) is 111 Å². The Morgan fingerprint density at radius 2 is 1.00 bits per heavy atom. The summed E-state index contributed by atoms with van der Waals surface area (Å²) < 4.78 is 81.3. The monoisotopic (exact) mass is 1020 g/mol. The summed E-state index contributed by atoms with van der Waals surface area (Å²) in [4.78, 5) is 26.2. The van der Waals surface area contributed by atoms with Crippen molar-refractivity contribution in [3.05, 3.63) is 107 Å². The number of ether oxygens (including phenoxy) is 4. The first-order valence-electron chi connectivity index (χ1n) is 23.8. The lowest BCUT2D eigenvalue weighted by atomic mass is 10.0. The second kappa shape index (κ2) is 27.9. The molecule has 1 atom stereocenters. The molecule has 384 valence electrons. The maximum atomic E-state index is 13.2. The number of benzene rings is 4. The Morgan fingerprint density at radius 3 is 1.32 bits per heavy atom. The van der Waals surface area contributed by atoms with Crippen LogP contribution in [0.25, 0.3) is 12.2 Å². The molecule has 0 aromatic heterocycles. The molecule has 0 aliphatic carbocycles.